The lowest BCUT2D eigenvalue weighted by Crippen LogP contribution is -2.11. The van der Waals surface area contributed by atoms with Crippen LogP contribution in [0.15, 0.2) is 21.6 Å². The van der Waals surface area contributed by atoms with Crippen LogP contribution in [0.4, 0.5) is 0 Å². The summed E-state index contributed by atoms with van der Waals surface area (Å²) in [7, 11) is 1.22. The first-order valence-corrected chi connectivity index (χ1v) is 7.16. The molecule has 0 amide bonds. The van der Waals surface area contributed by atoms with Crippen LogP contribution in [0.1, 0.15) is 19.3 Å². The number of rotatable bonds is 3. The molecule has 0 aromatic carbocycles. The van der Waals surface area contributed by atoms with Crippen LogP contribution in [0.3, 0.4) is 0 Å². The zero-order valence-corrected chi connectivity index (χ0v) is 12.1. The van der Waals surface area contributed by atoms with E-state index in [2.05, 4.69) is 4.74 Å². The molecular weight excluding hydrogens is 274 g/mol. The van der Waals surface area contributed by atoms with Crippen LogP contribution in [-0.2, 0) is 9.53 Å². The Kier molecular flexibility index (Phi) is 5.84. The highest BCUT2D eigenvalue weighted by Crippen LogP contribution is 2.43. The van der Waals surface area contributed by atoms with Gasteiger partial charge in [-0.25, -0.2) is 4.79 Å². The highest BCUT2D eigenvalue weighted by Gasteiger charge is 2.31. The SMILES string of the molecule is COC(=O)/C(C#N)=C(/SC)C1CCCC1=C(C#N)C#N. The molecule has 1 rings (SSSR count). The van der Waals surface area contributed by atoms with Gasteiger partial charge >= 0.3 is 5.97 Å². The monoisotopic (exact) mass is 287 g/mol. The average Bonchev–Trinajstić information content (AvgIpc) is 2.94. The number of ether oxygens (including phenoxy) is 1. The van der Waals surface area contributed by atoms with Gasteiger partial charge in [-0.05, 0) is 31.1 Å². The number of hydrogen-bond donors (Lipinski definition) is 0. The Morgan fingerprint density at radius 1 is 1.30 bits per heavy atom. The van der Waals surface area contributed by atoms with Gasteiger partial charge in [-0.1, -0.05) is 0 Å². The van der Waals surface area contributed by atoms with Gasteiger partial charge in [-0.15, -0.1) is 11.8 Å². The van der Waals surface area contributed by atoms with E-state index >= 15 is 0 Å². The summed E-state index contributed by atoms with van der Waals surface area (Å²) in [5.74, 6) is -0.897. The lowest BCUT2D eigenvalue weighted by molar-refractivity contribution is -0.135. The molecule has 0 aliphatic heterocycles. The van der Waals surface area contributed by atoms with Crippen molar-refractivity contribution >= 4 is 17.7 Å². The number of methoxy groups -OCH3 is 1. The zero-order chi connectivity index (χ0) is 15.1. The highest BCUT2D eigenvalue weighted by atomic mass is 32.2. The van der Waals surface area contributed by atoms with Crippen LogP contribution in [0.25, 0.3) is 0 Å². The standard InChI is InChI=1S/C14H13N3O2S/c1-19-14(18)12(8-17)13(20-2)11-5-3-4-10(11)9(6-15)7-16/h11H,3-5H2,1-2H3/b13-12+. The Morgan fingerprint density at radius 3 is 2.40 bits per heavy atom. The van der Waals surface area contributed by atoms with E-state index in [-0.39, 0.29) is 17.1 Å². The summed E-state index contributed by atoms with van der Waals surface area (Å²) >= 11 is 1.29. The van der Waals surface area contributed by atoms with Crippen molar-refractivity contribution in [3.8, 4) is 18.2 Å². The second kappa shape index (κ2) is 7.38. The van der Waals surface area contributed by atoms with E-state index in [4.69, 9.17) is 15.8 Å². The highest BCUT2D eigenvalue weighted by molar-refractivity contribution is 8.02. The fourth-order valence-electron chi connectivity index (χ4n) is 2.32. The molecule has 0 saturated heterocycles. The first-order valence-electron chi connectivity index (χ1n) is 5.94. The normalized spacial score (nSPS) is 18.4. The molecular formula is C14H13N3O2S. The maximum Gasteiger partial charge on any atom is 0.349 e. The van der Waals surface area contributed by atoms with Crippen molar-refractivity contribution in [2.45, 2.75) is 19.3 Å². The molecule has 1 unspecified atom stereocenters. The second-order valence-electron chi connectivity index (χ2n) is 4.12. The van der Waals surface area contributed by atoms with E-state index in [1.807, 2.05) is 18.2 Å². The van der Waals surface area contributed by atoms with Gasteiger partial charge in [0.1, 0.15) is 29.4 Å². The quantitative estimate of drug-likeness (QED) is 0.449. The van der Waals surface area contributed by atoms with Crippen LogP contribution in [0.2, 0.25) is 0 Å². The van der Waals surface area contributed by atoms with Crippen LogP contribution >= 0.6 is 11.8 Å². The maximum absolute atomic E-state index is 11.7. The minimum absolute atomic E-state index is 0.0420. The molecule has 1 aliphatic carbocycles. The third-order valence-electron chi connectivity index (χ3n) is 3.19. The molecule has 0 N–H and O–H groups in total. The second-order valence-corrected chi connectivity index (χ2v) is 4.96. The molecule has 6 heteroatoms. The van der Waals surface area contributed by atoms with Crippen LogP contribution in [0, 0.1) is 39.9 Å². The first kappa shape index (κ1) is 15.8. The van der Waals surface area contributed by atoms with Crippen LogP contribution < -0.4 is 0 Å². The van der Waals surface area contributed by atoms with Crippen molar-refractivity contribution in [3.05, 3.63) is 21.6 Å². The third-order valence-corrected chi connectivity index (χ3v) is 4.12. The number of thioether (sulfide) groups is 1. The lowest BCUT2D eigenvalue weighted by atomic mass is 9.95. The zero-order valence-electron chi connectivity index (χ0n) is 11.3. The number of nitrogens with zero attached hydrogens (tertiary/aromatic N) is 3. The van der Waals surface area contributed by atoms with Crippen LogP contribution in [-0.4, -0.2) is 19.3 Å². The molecule has 1 aliphatic rings. The van der Waals surface area contributed by atoms with E-state index in [0.29, 0.717) is 11.3 Å². The Morgan fingerprint density at radius 2 is 1.95 bits per heavy atom. The number of allylic oxidation sites excluding steroid dienone is 3. The van der Waals surface area contributed by atoms with E-state index in [0.717, 1.165) is 18.4 Å². The van der Waals surface area contributed by atoms with Gasteiger partial charge in [0, 0.05) is 10.8 Å². The molecule has 5 nitrogen and oxygen atoms in total. The van der Waals surface area contributed by atoms with Gasteiger partial charge < -0.3 is 4.74 Å². The summed E-state index contributed by atoms with van der Waals surface area (Å²) in [4.78, 5) is 12.2. The van der Waals surface area contributed by atoms with E-state index < -0.39 is 5.97 Å². The molecule has 1 fully saturated rings. The van der Waals surface area contributed by atoms with Crippen molar-refractivity contribution in [3.63, 3.8) is 0 Å². The average molecular weight is 287 g/mol. The molecule has 0 heterocycles. The Hall–Kier alpha value is -2.23. The van der Waals surface area contributed by atoms with Gasteiger partial charge in [-0.3, -0.25) is 0 Å². The van der Waals surface area contributed by atoms with Crippen molar-refractivity contribution in [1.29, 1.82) is 15.8 Å². The number of carbonyl (C=O) groups is 1. The molecule has 0 aromatic heterocycles. The Balaban J connectivity index is 3.40. The number of carbonyl (C=O) groups excluding carboxylic acids is 1. The van der Waals surface area contributed by atoms with Crippen molar-refractivity contribution < 1.29 is 9.53 Å². The minimum atomic E-state index is -0.682. The van der Waals surface area contributed by atoms with E-state index in [1.54, 1.807) is 6.26 Å². The molecule has 1 saturated carbocycles. The topological polar surface area (TPSA) is 97.7 Å². The smallest absolute Gasteiger partial charge is 0.349 e. The third kappa shape index (κ3) is 3.02. The molecule has 1 atom stereocenters. The summed E-state index contributed by atoms with van der Waals surface area (Å²) in [6, 6.07) is 5.65. The fraction of sp³-hybridized carbons (Fsp3) is 0.429. The summed E-state index contributed by atoms with van der Waals surface area (Å²) < 4.78 is 4.62. The van der Waals surface area contributed by atoms with E-state index in [1.165, 1.54) is 18.9 Å². The first-order chi connectivity index (χ1) is 9.64. The van der Waals surface area contributed by atoms with Gasteiger partial charge in [-0.2, -0.15) is 15.8 Å². The summed E-state index contributed by atoms with van der Waals surface area (Å²) in [6.45, 7) is 0. The van der Waals surface area contributed by atoms with Gasteiger partial charge in [0.05, 0.1) is 7.11 Å². The molecule has 0 aromatic rings. The minimum Gasteiger partial charge on any atom is -0.465 e. The predicted octanol–water partition coefficient (Wildman–Crippen LogP) is 2.44. The summed E-state index contributed by atoms with van der Waals surface area (Å²) in [5.41, 5.74) is 0.761. The molecule has 102 valence electrons. The summed E-state index contributed by atoms with van der Waals surface area (Å²) in [6.07, 6.45) is 3.96. The summed E-state index contributed by atoms with van der Waals surface area (Å²) in [5, 5.41) is 27.2. The number of esters is 1. The van der Waals surface area contributed by atoms with Gasteiger partial charge in [0.25, 0.3) is 0 Å². The van der Waals surface area contributed by atoms with Crippen LogP contribution in [0.5, 0.6) is 0 Å². The largest absolute Gasteiger partial charge is 0.465 e. The molecule has 20 heavy (non-hydrogen) atoms. The van der Waals surface area contributed by atoms with E-state index in [9.17, 15) is 4.79 Å². The Labute approximate surface area is 122 Å². The number of hydrogen-bond acceptors (Lipinski definition) is 6. The maximum atomic E-state index is 11.7. The lowest BCUT2D eigenvalue weighted by Gasteiger charge is -2.16. The molecule has 0 radical (unpaired) electrons. The van der Waals surface area contributed by atoms with Crippen molar-refractivity contribution in [1.82, 2.24) is 0 Å². The number of nitriles is 3. The fourth-order valence-corrected chi connectivity index (χ4v) is 3.20. The van der Waals surface area contributed by atoms with Gasteiger partial charge in [0.15, 0.2) is 0 Å². The predicted molar refractivity (Wildman–Crippen MR) is 73.8 cm³/mol. The molecule has 0 bridgehead atoms. The van der Waals surface area contributed by atoms with Crippen molar-refractivity contribution in [2.75, 3.05) is 13.4 Å². The molecule has 0 spiro atoms. The van der Waals surface area contributed by atoms with Crippen molar-refractivity contribution in [2.24, 2.45) is 5.92 Å². The van der Waals surface area contributed by atoms with Gasteiger partial charge in [0.2, 0.25) is 0 Å². The Bertz CT molecular complexity index is 583.